The second-order valence-corrected chi connectivity index (χ2v) is 19.5. The Kier molecular flexibility index (Phi) is 44.3. The Morgan fingerprint density at radius 1 is 0.554 bits per heavy atom. The minimum Gasteiger partial charge on any atom is -0.756 e. The molecule has 0 aliphatic carbocycles. The van der Waals surface area contributed by atoms with E-state index in [4.69, 9.17) is 9.05 Å². The minimum atomic E-state index is -4.62. The summed E-state index contributed by atoms with van der Waals surface area (Å²) >= 11 is 0. The summed E-state index contributed by atoms with van der Waals surface area (Å²) in [5.41, 5.74) is 0. The topological polar surface area (TPSA) is 108 Å². The number of unbranched alkanes of at least 4 members (excludes halogenated alkanes) is 16. The third-order valence-electron chi connectivity index (χ3n) is 10.7. The van der Waals surface area contributed by atoms with Gasteiger partial charge in [0.25, 0.3) is 7.82 Å². The van der Waals surface area contributed by atoms with Crippen molar-refractivity contribution in [2.75, 3.05) is 40.9 Å². The van der Waals surface area contributed by atoms with Gasteiger partial charge in [-0.1, -0.05) is 200 Å². The van der Waals surface area contributed by atoms with E-state index in [0.717, 1.165) is 83.5 Å². The smallest absolute Gasteiger partial charge is 0.268 e. The number of phosphoric ester groups is 1. The van der Waals surface area contributed by atoms with Crippen LogP contribution in [0.15, 0.2) is 109 Å². The Labute approximate surface area is 400 Å². The van der Waals surface area contributed by atoms with Crippen LogP contribution in [0.4, 0.5) is 0 Å². The molecule has 0 fully saturated rings. The molecule has 0 heterocycles. The number of nitrogens with one attached hydrogen (secondary N) is 1. The Morgan fingerprint density at radius 3 is 1.43 bits per heavy atom. The number of carbonyl (C=O) groups is 1. The normalized spacial score (nSPS) is 15.0. The SMILES string of the molecule is CC/C=C\C/C=C\C/C=C\C/C=C\C/C=C\C/C=C\C/C=C\CCCCCC(=O)NC(COP(=O)([O-])OCC[N+](C)(C)C)C(O)/C=C/CC/C=C/CCCCCCCCCCCCCC. The van der Waals surface area contributed by atoms with Crippen LogP contribution in [-0.4, -0.2) is 68.5 Å². The Morgan fingerprint density at radius 2 is 0.954 bits per heavy atom. The average molecular weight is 925 g/mol. The fourth-order valence-electron chi connectivity index (χ4n) is 6.68. The Bertz CT molecular complexity index is 1420. The van der Waals surface area contributed by atoms with E-state index in [1.807, 2.05) is 27.2 Å². The van der Waals surface area contributed by atoms with Gasteiger partial charge in [0.05, 0.1) is 39.9 Å². The molecule has 0 aromatic carbocycles. The number of nitrogens with zero attached hydrogens (tertiary/aromatic N) is 1. The van der Waals surface area contributed by atoms with Gasteiger partial charge < -0.3 is 28.8 Å². The van der Waals surface area contributed by atoms with Gasteiger partial charge >= 0.3 is 0 Å². The third kappa shape index (κ3) is 48.9. The van der Waals surface area contributed by atoms with Crippen LogP contribution >= 0.6 is 7.82 Å². The summed E-state index contributed by atoms with van der Waals surface area (Å²) in [6.45, 7) is 4.47. The number of hydrogen-bond donors (Lipinski definition) is 2. The van der Waals surface area contributed by atoms with Crippen LogP contribution in [-0.2, 0) is 18.4 Å². The van der Waals surface area contributed by atoms with Gasteiger partial charge in [-0.2, -0.15) is 0 Å². The van der Waals surface area contributed by atoms with E-state index < -0.39 is 26.6 Å². The van der Waals surface area contributed by atoms with Crippen molar-refractivity contribution in [3.05, 3.63) is 109 Å². The van der Waals surface area contributed by atoms with Crippen molar-refractivity contribution in [2.45, 2.75) is 199 Å². The van der Waals surface area contributed by atoms with Gasteiger partial charge in [0.2, 0.25) is 5.91 Å². The fourth-order valence-corrected chi connectivity index (χ4v) is 7.40. The first-order valence-electron chi connectivity index (χ1n) is 25.7. The maximum atomic E-state index is 12.9. The zero-order valence-corrected chi connectivity index (χ0v) is 43.0. The van der Waals surface area contributed by atoms with E-state index in [0.29, 0.717) is 17.4 Å². The first kappa shape index (κ1) is 62.2. The standard InChI is InChI=1S/C56H97N2O6P/c1-6-8-10-12-14-16-18-20-22-24-26-27-28-29-30-31-32-34-36-38-40-42-44-46-48-50-56(60)57-54(53-64-65(61,62)63-52-51-58(3,4)5)55(59)49-47-45-43-41-39-37-35-33-25-23-21-19-17-15-13-11-9-7-2/h8,10,14,16,20,22,26-27,29-30,32,34,38-41,47,49,54-55,59H,6-7,9,11-13,15,17-19,21,23-25,28,31,33,35-37,42-46,48,50-53H2,1-5H3,(H-,57,60,61,62)/b10-8-,16-14-,22-20-,27-26-,30-29-,34-32-,40-38-,41-39+,49-47+. The Hall–Kier alpha value is -2.84. The predicted molar refractivity (Wildman–Crippen MR) is 279 cm³/mol. The van der Waals surface area contributed by atoms with Crippen LogP contribution in [0.2, 0.25) is 0 Å². The number of carbonyl (C=O) groups excluding carboxylic acids is 1. The van der Waals surface area contributed by atoms with Crippen molar-refractivity contribution in [1.82, 2.24) is 5.32 Å². The van der Waals surface area contributed by atoms with Gasteiger partial charge in [-0.25, -0.2) is 0 Å². The summed E-state index contributed by atoms with van der Waals surface area (Å²) in [7, 11) is 1.20. The number of allylic oxidation sites excluding steroid dienone is 17. The predicted octanol–water partition coefficient (Wildman–Crippen LogP) is 14.6. The van der Waals surface area contributed by atoms with Gasteiger partial charge in [0.1, 0.15) is 13.2 Å². The molecule has 0 bridgehead atoms. The molecule has 0 aromatic rings. The molecule has 0 aliphatic rings. The number of amides is 1. The molecular formula is C56H97N2O6P. The van der Waals surface area contributed by atoms with Crippen LogP contribution in [0.25, 0.3) is 0 Å². The molecule has 3 atom stereocenters. The van der Waals surface area contributed by atoms with Crippen molar-refractivity contribution >= 4 is 13.7 Å². The summed E-state index contributed by atoms with van der Waals surface area (Å²) in [6, 6.07) is -0.929. The highest BCUT2D eigenvalue weighted by molar-refractivity contribution is 7.45. The third-order valence-corrected chi connectivity index (χ3v) is 11.7. The first-order chi connectivity index (χ1) is 31.5. The monoisotopic (exact) mass is 925 g/mol. The molecular weight excluding hydrogens is 828 g/mol. The van der Waals surface area contributed by atoms with Gasteiger partial charge in [0, 0.05) is 6.42 Å². The highest BCUT2D eigenvalue weighted by Crippen LogP contribution is 2.38. The lowest BCUT2D eigenvalue weighted by molar-refractivity contribution is -0.870. The van der Waals surface area contributed by atoms with Crippen molar-refractivity contribution in [3.8, 4) is 0 Å². The molecule has 0 aliphatic heterocycles. The Balaban J connectivity index is 4.46. The van der Waals surface area contributed by atoms with Gasteiger partial charge in [-0.05, 0) is 89.9 Å². The van der Waals surface area contributed by atoms with Crippen molar-refractivity contribution in [3.63, 3.8) is 0 Å². The number of likely N-dealkylation sites (N-methyl/N-ethyl adjacent to an activating group) is 1. The van der Waals surface area contributed by atoms with Crippen molar-refractivity contribution < 1.29 is 32.9 Å². The van der Waals surface area contributed by atoms with Crippen LogP contribution in [0.3, 0.4) is 0 Å². The molecule has 0 radical (unpaired) electrons. The lowest BCUT2D eigenvalue weighted by atomic mass is 10.0. The van der Waals surface area contributed by atoms with E-state index >= 15 is 0 Å². The zero-order valence-electron chi connectivity index (χ0n) is 42.1. The van der Waals surface area contributed by atoms with Gasteiger partial charge in [-0.3, -0.25) is 9.36 Å². The number of hydrogen-bond acceptors (Lipinski definition) is 6. The van der Waals surface area contributed by atoms with Crippen molar-refractivity contribution in [2.24, 2.45) is 0 Å². The minimum absolute atomic E-state index is 0.0196. The van der Waals surface area contributed by atoms with Crippen LogP contribution < -0.4 is 10.2 Å². The summed E-state index contributed by atoms with van der Waals surface area (Å²) in [5, 5.41) is 13.8. The summed E-state index contributed by atoms with van der Waals surface area (Å²) < 4.78 is 23.2. The second kappa shape index (κ2) is 46.3. The highest BCUT2D eigenvalue weighted by Gasteiger charge is 2.23. The van der Waals surface area contributed by atoms with Crippen LogP contribution in [0, 0.1) is 0 Å². The van der Waals surface area contributed by atoms with E-state index in [9.17, 15) is 19.4 Å². The largest absolute Gasteiger partial charge is 0.756 e. The summed E-state index contributed by atoms with van der Waals surface area (Å²) in [5.74, 6) is -0.244. The average Bonchev–Trinajstić information content (AvgIpc) is 3.26. The number of phosphoric acid groups is 1. The quantitative estimate of drug-likeness (QED) is 0.0273. The number of rotatable bonds is 45. The molecule has 65 heavy (non-hydrogen) atoms. The van der Waals surface area contributed by atoms with Gasteiger partial charge in [-0.15, -0.1) is 0 Å². The maximum absolute atomic E-state index is 12.9. The van der Waals surface area contributed by atoms with E-state index in [1.165, 1.54) is 77.0 Å². The fraction of sp³-hybridized carbons (Fsp3) is 0.661. The van der Waals surface area contributed by atoms with Crippen LogP contribution in [0.1, 0.15) is 187 Å². The number of aliphatic hydroxyl groups is 1. The van der Waals surface area contributed by atoms with E-state index in [-0.39, 0.29) is 18.9 Å². The number of aliphatic hydroxyl groups excluding tert-OH is 1. The summed E-state index contributed by atoms with van der Waals surface area (Å²) in [6.07, 6.45) is 67.2. The molecule has 1 amide bonds. The first-order valence-corrected chi connectivity index (χ1v) is 27.2. The lowest BCUT2D eigenvalue weighted by Crippen LogP contribution is -2.45. The van der Waals surface area contributed by atoms with Crippen molar-refractivity contribution in [1.29, 1.82) is 0 Å². The van der Waals surface area contributed by atoms with E-state index in [1.54, 1.807) is 6.08 Å². The van der Waals surface area contributed by atoms with E-state index in [2.05, 4.69) is 116 Å². The molecule has 0 spiro atoms. The molecule has 0 aromatic heterocycles. The van der Waals surface area contributed by atoms with Crippen LogP contribution in [0.5, 0.6) is 0 Å². The molecule has 9 heteroatoms. The molecule has 0 saturated carbocycles. The molecule has 2 N–H and O–H groups in total. The molecule has 0 saturated heterocycles. The lowest BCUT2D eigenvalue weighted by Gasteiger charge is -2.29. The molecule has 8 nitrogen and oxygen atoms in total. The zero-order chi connectivity index (χ0) is 47.8. The molecule has 372 valence electrons. The summed E-state index contributed by atoms with van der Waals surface area (Å²) in [4.78, 5) is 25.4. The maximum Gasteiger partial charge on any atom is 0.268 e. The highest BCUT2D eigenvalue weighted by atomic mass is 31.2. The second-order valence-electron chi connectivity index (χ2n) is 18.1. The van der Waals surface area contributed by atoms with Gasteiger partial charge in [0.15, 0.2) is 0 Å². The molecule has 0 rings (SSSR count). The number of quaternary nitrogens is 1. The molecule has 3 unspecified atom stereocenters.